The fourth-order valence-corrected chi connectivity index (χ4v) is 3.36. The van der Waals surface area contributed by atoms with E-state index in [0.29, 0.717) is 6.42 Å². The van der Waals surface area contributed by atoms with Crippen LogP contribution >= 0.6 is 0 Å². The minimum Gasteiger partial charge on any atom is -0.372 e. The largest absolute Gasteiger partial charge is 0.372 e. The maximum Gasteiger partial charge on any atom is 0.157 e. The van der Waals surface area contributed by atoms with Crippen LogP contribution in [0.15, 0.2) is 42.1 Å². The van der Waals surface area contributed by atoms with Crippen molar-refractivity contribution in [1.82, 2.24) is 9.80 Å². The molecule has 0 N–H and O–H groups in total. The zero-order valence-electron chi connectivity index (χ0n) is 13.0. The Labute approximate surface area is 127 Å². The number of hydrogen-bond donors (Lipinski definition) is 0. The van der Waals surface area contributed by atoms with E-state index in [0.717, 1.165) is 32.6 Å². The van der Waals surface area contributed by atoms with Crippen LogP contribution < -0.4 is 0 Å². The Morgan fingerprint density at radius 3 is 2.48 bits per heavy atom. The molecule has 0 bridgehead atoms. The summed E-state index contributed by atoms with van der Waals surface area (Å²) in [6.07, 6.45) is 3.47. The van der Waals surface area contributed by atoms with Crippen LogP contribution in [-0.2, 0) is 11.3 Å². The van der Waals surface area contributed by atoms with Gasteiger partial charge in [-0.05, 0) is 25.8 Å². The van der Waals surface area contributed by atoms with Gasteiger partial charge in [0, 0.05) is 49.9 Å². The second-order valence-corrected chi connectivity index (χ2v) is 6.74. The maximum absolute atomic E-state index is 11.4. The molecule has 0 radical (unpaired) electrons. The van der Waals surface area contributed by atoms with E-state index in [4.69, 9.17) is 0 Å². The fraction of sp³-hybridized carbons (Fsp3) is 0.500. The lowest BCUT2D eigenvalue weighted by Crippen LogP contribution is -2.58. The second-order valence-electron chi connectivity index (χ2n) is 6.74. The van der Waals surface area contributed by atoms with Gasteiger partial charge in [0.25, 0.3) is 0 Å². The Morgan fingerprint density at radius 2 is 1.86 bits per heavy atom. The number of ketones is 1. The summed E-state index contributed by atoms with van der Waals surface area (Å²) in [5.74, 6) is 0.287. The van der Waals surface area contributed by atoms with Crippen LogP contribution in [0.3, 0.4) is 0 Å². The van der Waals surface area contributed by atoms with Crippen molar-refractivity contribution in [2.45, 2.75) is 38.8 Å². The average molecular weight is 284 g/mol. The van der Waals surface area contributed by atoms with Gasteiger partial charge in [0.15, 0.2) is 5.78 Å². The maximum atomic E-state index is 11.4. The van der Waals surface area contributed by atoms with Crippen molar-refractivity contribution in [3.8, 4) is 0 Å². The first kappa shape index (κ1) is 14.3. The Balaban J connectivity index is 1.68. The Morgan fingerprint density at radius 1 is 1.10 bits per heavy atom. The predicted octanol–water partition coefficient (Wildman–Crippen LogP) is 2.83. The molecule has 1 aromatic carbocycles. The van der Waals surface area contributed by atoms with Crippen molar-refractivity contribution >= 4 is 5.78 Å². The van der Waals surface area contributed by atoms with Crippen LogP contribution in [-0.4, -0.2) is 40.8 Å². The van der Waals surface area contributed by atoms with E-state index in [-0.39, 0.29) is 11.3 Å². The summed E-state index contributed by atoms with van der Waals surface area (Å²) in [5.41, 5.74) is 2.74. The lowest BCUT2D eigenvalue weighted by atomic mass is 9.97. The van der Waals surface area contributed by atoms with Crippen LogP contribution in [0.2, 0.25) is 0 Å². The number of carbonyl (C=O) groups excluding carboxylic acids is 1. The topological polar surface area (TPSA) is 23.6 Å². The fourth-order valence-electron chi connectivity index (χ4n) is 3.36. The Hall–Kier alpha value is -1.61. The summed E-state index contributed by atoms with van der Waals surface area (Å²) in [7, 11) is 0. The average Bonchev–Trinajstić information content (AvgIpc) is 2.89. The Kier molecular flexibility index (Phi) is 3.85. The molecule has 1 aliphatic heterocycles. The number of carbonyl (C=O) groups is 1. The zero-order chi connectivity index (χ0) is 14.9. The summed E-state index contributed by atoms with van der Waals surface area (Å²) in [6, 6.07) is 10.7. The molecule has 1 heterocycles. The van der Waals surface area contributed by atoms with Crippen molar-refractivity contribution in [3.05, 3.63) is 47.7 Å². The van der Waals surface area contributed by atoms with Gasteiger partial charge in [-0.25, -0.2) is 0 Å². The predicted molar refractivity (Wildman–Crippen MR) is 84.8 cm³/mol. The van der Waals surface area contributed by atoms with E-state index in [1.165, 1.54) is 11.3 Å². The molecule has 3 nitrogen and oxygen atoms in total. The molecule has 0 spiro atoms. The van der Waals surface area contributed by atoms with Crippen molar-refractivity contribution < 1.29 is 4.79 Å². The number of hydrogen-bond acceptors (Lipinski definition) is 3. The molecule has 112 valence electrons. The van der Waals surface area contributed by atoms with Gasteiger partial charge in [-0.15, -0.1) is 0 Å². The summed E-state index contributed by atoms with van der Waals surface area (Å²) in [6.45, 7) is 8.68. The molecule has 1 aromatic rings. The summed E-state index contributed by atoms with van der Waals surface area (Å²) >= 11 is 0. The number of nitrogens with zero attached hydrogens (tertiary/aromatic N) is 2. The highest BCUT2D eigenvalue weighted by molar-refractivity contribution is 5.92. The van der Waals surface area contributed by atoms with Gasteiger partial charge in [-0.3, -0.25) is 9.69 Å². The molecule has 1 aliphatic carbocycles. The number of rotatable bonds is 3. The molecule has 0 amide bonds. The van der Waals surface area contributed by atoms with Gasteiger partial charge in [-0.2, -0.15) is 0 Å². The van der Waals surface area contributed by atoms with Crippen molar-refractivity contribution in [3.63, 3.8) is 0 Å². The molecule has 21 heavy (non-hydrogen) atoms. The third-order valence-corrected chi connectivity index (χ3v) is 4.65. The van der Waals surface area contributed by atoms with E-state index in [2.05, 4.69) is 54.0 Å². The summed E-state index contributed by atoms with van der Waals surface area (Å²) in [5, 5.41) is 0. The molecule has 1 saturated heterocycles. The van der Waals surface area contributed by atoms with Crippen molar-refractivity contribution in [2.75, 3.05) is 19.6 Å². The molecule has 0 atom stereocenters. The van der Waals surface area contributed by atoms with E-state index in [1.807, 2.05) is 6.08 Å². The Bertz CT molecular complexity index is 548. The molecule has 1 fully saturated rings. The van der Waals surface area contributed by atoms with Gasteiger partial charge in [0.2, 0.25) is 0 Å². The third kappa shape index (κ3) is 3.18. The lowest BCUT2D eigenvalue weighted by Gasteiger charge is -2.48. The van der Waals surface area contributed by atoms with Gasteiger partial charge in [-0.1, -0.05) is 30.3 Å². The quantitative estimate of drug-likeness (QED) is 0.853. The molecular weight excluding hydrogens is 260 g/mol. The van der Waals surface area contributed by atoms with Gasteiger partial charge < -0.3 is 4.90 Å². The van der Waals surface area contributed by atoms with E-state index in [9.17, 15) is 4.79 Å². The summed E-state index contributed by atoms with van der Waals surface area (Å²) < 4.78 is 0. The van der Waals surface area contributed by atoms with E-state index in [1.54, 1.807) is 0 Å². The molecule has 0 unspecified atom stereocenters. The zero-order valence-corrected chi connectivity index (χ0v) is 13.0. The highest BCUT2D eigenvalue weighted by Crippen LogP contribution is 2.28. The van der Waals surface area contributed by atoms with Crippen LogP contribution in [0.5, 0.6) is 0 Å². The van der Waals surface area contributed by atoms with Crippen molar-refractivity contribution in [1.29, 1.82) is 0 Å². The van der Waals surface area contributed by atoms with Crippen LogP contribution in [0.1, 0.15) is 32.3 Å². The first-order valence-corrected chi connectivity index (χ1v) is 7.82. The standard InChI is InChI=1S/C18H24N2O/c1-18(2)14-19(16-8-9-17(21)12-16)10-11-20(18)13-15-6-4-3-5-7-15/h3-7,12H,8-11,13-14H2,1-2H3. The number of allylic oxidation sites excluding steroid dienone is 2. The SMILES string of the molecule is CC1(C)CN(C2=CC(=O)CC2)CCN1Cc1ccccc1. The molecule has 3 heteroatoms. The summed E-state index contributed by atoms with van der Waals surface area (Å²) in [4.78, 5) is 16.4. The molecular formula is C18H24N2O. The minimum absolute atomic E-state index is 0.126. The van der Waals surface area contributed by atoms with Crippen LogP contribution in [0.4, 0.5) is 0 Å². The van der Waals surface area contributed by atoms with E-state index < -0.39 is 0 Å². The molecule has 2 aliphatic rings. The normalized spacial score (nSPS) is 22.5. The minimum atomic E-state index is 0.126. The first-order valence-electron chi connectivity index (χ1n) is 7.82. The number of piperazine rings is 1. The smallest absolute Gasteiger partial charge is 0.157 e. The monoisotopic (exact) mass is 284 g/mol. The van der Waals surface area contributed by atoms with Gasteiger partial charge in [0.1, 0.15) is 0 Å². The van der Waals surface area contributed by atoms with E-state index >= 15 is 0 Å². The van der Waals surface area contributed by atoms with Gasteiger partial charge >= 0.3 is 0 Å². The second kappa shape index (κ2) is 5.64. The molecule has 0 aromatic heterocycles. The molecule has 3 rings (SSSR count). The third-order valence-electron chi connectivity index (χ3n) is 4.65. The van der Waals surface area contributed by atoms with Gasteiger partial charge in [0.05, 0.1) is 0 Å². The lowest BCUT2D eigenvalue weighted by molar-refractivity contribution is -0.114. The van der Waals surface area contributed by atoms with Crippen molar-refractivity contribution in [2.24, 2.45) is 0 Å². The first-order chi connectivity index (χ1) is 10.0. The van der Waals surface area contributed by atoms with Crippen LogP contribution in [0, 0.1) is 0 Å². The molecule has 0 saturated carbocycles. The highest BCUT2D eigenvalue weighted by Gasteiger charge is 2.35. The highest BCUT2D eigenvalue weighted by atomic mass is 16.1. The van der Waals surface area contributed by atoms with Crippen LogP contribution in [0.25, 0.3) is 0 Å². The number of benzene rings is 1.